The van der Waals surface area contributed by atoms with E-state index in [1.54, 1.807) is 24.3 Å². The number of pyridine rings is 1. The summed E-state index contributed by atoms with van der Waals surface area (Å²) >= 11 is 37.0. The van der Waals surface area contributed by atoms with E-state index in [1.165, 1.54) is 12.3 Å². The molecule has 1 heterocycles. The van der Waals surface area contributed by atoms with Crippen LogP contribution in [0, 0.1) is 11.3 Å². The van der Waals surface area contributed by atoms with Crippen LogP contribution < -0.4 is 0 Å². The molecule has 0 N–H and O–H groups in total. The van der Waals surface area contributed by atoms with E-state index in [1.807, 2.05) is 6.07 Å². The van der Waals surface area contributed by atoms with Crippen LogP contribution in [0.25, 0.3) is 22.3 Å². The average Bonchev–Trinajstić information content (AvgIpc) is 2.60. The van der Waals surface area contributed by atoms with Crippen LogP contribution in [0.15, 0.2) is 36.5 Å². The summed E-state index contributed by atoms with van der Waals surface area (Å²) in [4.78, 5) is 4.20. The number of benzene rings is 2. The molecule has 130 valence electrons. The Bertz CT molecular complexity index is 1070. The molecule has 26 heavy (non-hydrogen) atoms. The molecular weight excluding hydrogens is 457 g/mol. The van der Waals surface area contributed by atoms with Crippen LogP contribution in [0.4, 0.5) is 0 Å². The molecule has 0 radical (unpaired) electrons. The molecule has 3 rings (SSSR count). The molecule has 0 saturated carbocycles. The summed E-state index contributed by atoms with van der Waals surface area (Å²) in [6, 6.07) is 10.1. The number of hydrogen-bond donors (Lipinski definition) is 0. The summed E-state index contributed by atoms with van der Waals surface area (Å²) < 4.78 is 0. The van der Waals surface area contributed by atoms with Crippen molar-refractivity contribution in [2.75, 3.05) is 0 Å². The van der Waals surface area contributed by atoms with Gasteiger partial charge in [0.15, 0.2) is 0 Å². The van der Waals surface area contributed by atoms with Crippen molar-refractivity contribution in [1.82, 2.24) is 4.98 Å². The monoisotopic (exact) mass is 460 g/mol. The molecule has 0 unspecified atom stereocenters. The number of rotatable bonds is 2. The molecule has 8 heteroatoms. The molecule has 0 aliphatic rings. The van der Waals surface area contributed by atoms with E-state index in [2.05, 4.69) is 4.98 Å². The fourth-order valence-electron chi connectivity index (χ4n) is 2.42. The Labute approximate surface area is 179 Å². The predicted molar refractivity (Wildman–Crippen MR) is 110 cm³/mol. The molecule has 0 spiro atoms. The molecule has 0 atom stereocenters. The maximum absolute atomic E-state index is 9.42. The first kappa shape index (κ1) is 19.6. The third-order valence-electron chi connectivity index (χ3n) is 3.58. The van der Waals surface area contributed by atoms with Gasteiger partial charge in [0.25, 0.3) is 0 Å². The summed E-state index contributed by atoms with van der Waals surface area (Å²) in [6.45, 7) is 0. The van der Waals surface area contributed by atoms with Gasteiger partial charge in [0.2, 0.25) is 0 Å². The Kier molecular flexibility index (Phi) is 5.89. The van der Waals surface area contributed by atoms with Gasteiger partial charge in [0.05, 0.1) is 20.1 Å². The van der Waals surface area contributed by atoms with E-state index in [0.717, 1.165) is 0 Å². The quantitative estimate of drug-likeness (QED) is 0.360. The van der Waals surface area contributed by atoms with E-state index in [9.17, 15) is 5.26 Å². The van der Waals surface area contributed by atoms with E-state index < -0.39 is 0 Å². The van der Waals surface area contributed by atoms with Gasteiger partial charge in [-0.25, -0.2) is 4.98 Å². The highest BCUT2D eigenvalue weighted by Crippen LogP contribution is 2.41. The van der Waals surface area contributed by atoms with Crippen molar-refractivity contribution in [3.63, 3.8) is 0 Å². The summed E-state index contributed by atoms with van der Waals surface area (Å²) in [5.74, 6) is 0. The van der Waals surface area contributed by atoms with Gasteiger partial charge in [0, 0.05) is 38.5 Å². The molecule has 0 bridgehead atoms. The van der Waals surface area contributed by atoms with Gasteiger partial charge < -0.3 is 0 Å². The molecule has 1 aromatic heterocycles. The highest BCUT2D eigenvalue weighted by atomic mass is 35.5. The Hall–Kier alpha value is -1.18. The SMILES string of the molecule is N#Cc1ncc(-c2cc(Cl)cc(Cl)c2Cl)cc1-c1cc(Cl)cc(Cl)c1Cl. The molecule has 0 amide bonds. The second-order valence-electron chi connectivity index (χ2n) is 5.23. The normalized spacial score (nSPS) is 10.7. The first-order valence-electron chi connectivity index (χ1n) is 7.01. The van der Waals surface area contributed by atoms with E-state index >= 15 is 0 Å². The van der Waals surface area contributed by atoms with Crippen LogP contribution in [0.3, 0.4) is 0 Å². The maximum Gasteiger partial charge on any atom is 0.148 e. The lowest BCUT2D eigenvalue weighted by Crippen LogP contribution is -1.93. The van der Waals surface area contributed by atoms with E-state index in [0.29, 0.717) is 42.3 Å². The minimum absolute atomic E-state index is 0.165. The smallest absolute Gasteiger partial charge is 0.148 e. The molecule has 2 nitrogen and oxygen atoms in total. The van der Waals surface area contributed by atoms with E-state index in [-0.39, 0.29) is 15.7 Å². The van der Waals surface area contributed by atoms with Gasteiger partial charge >= 0.3 is 0 Å². The predicted octanol–water partition coefficient (Wildman–Crippen LogP) is 8.21. The van der Waals surface area contributed by atoms with Crippen LogP contribution in [-0.2, 0) is 0 Å². The standard InChI is InChI=1S/C18H6Cl6N2/c19-9-2-11(17(23)14(21)4-9)8-1-12(16(6-25)26-7-8)13-3-10(20)5-15(22)18(13)24/h1-5,7H. The lowest BCUT2D eigenvalue weighted by atomic mass is 9.99. The minimum atomic E-state index is 0.165. The van der Waals surface area contributed by atoms with Crippen LogP contribution >= 0.6 is 69.6 Å². The fraction of sp³-hybridized carbons (Fsp3) is 0. The van der Waals surface area contributed by atoms with Crippen LogP contribution in [0.1, 0.15) is 5.69 Å². The Morgan fingerprint density at radius 1 is 0.692 bits per heavy atom. The summed E-state index contributed by atoms with van der Waals surface area (Å²) in [5, 5.41) is 11.4. The van der Waals surface area contributed by atoms with Crippen molar-refractivity contribution < 1.29 is 0 Å². The molecule has 0 aliphatic heterocycles. The summed E-state index contributed by atoms with van der Waals surface area (Å²) in [7, 11) is 0. The number of nitriles is 1. The highest BCUT2D eigenvalue weighted by Gasteiger charge is 2.17. The minimum Gasteiger partial charge on any atom is -0.244 e. The van der Waals surface area contributed by atoms with Crippen molar-refractivity contribution in [3.8, 4) is 28.3 Å². The molecule has 3 aromatic rings. The Morgan fingerprint density at radius 2 is 1.23 bits per heavy atom. The van der Waals surface area contributed by atoms with Crippen molar-refractivity contribution >= 4 is 69.6 Å². The molecule has 0 fully saturated rings. The van der Waals surface area contributed by atoms with Gasteiger partial charge in [0.1, 0.15) is 11.8 Å². The number of nitrogens with zero attached hydrogens (tertiary/aromatic N) is 2. The molecule has 0 saturated heterocycles. The third kappa shape index (κ3) is 3.75. The lowest BCUT2D eigenvalue weighted by Gasteiger charge is -2.12. The van der Waals surface area contributed by atoms with Gasteiger partial charge in [-0.05, 0) is 30.3 Å². The van der Waals surface area contributed by atoms with Crippen molar-refractivity contribution in [3.05, 3.63) is 72.4 Å². The second-order valence-corrected chi connectivity index (χ2v) is 7.67. The molecule has 2 aromatic carbocycles. The van der Waals surface area contributed by atoms with Crippen LogP contribution in [0.2, 0.25) is 30.1 Å². The summed E-state index contributed by atoms with van der Waals surface area (Å²) in [5.41, 5.74) is 2.30. The third-order valence-corrected chi connectivity index (χ3v) is 5.62. The maximum atomic E-state index is 9.42. The van der Waals surface area contributed by atoms with Gasteiger partial charge in [-0.2, -0.15) is 5.26 Å². The van der Waals surface area contributed by atoms with Crippen LogP contribution in [-0.4, -0.2) is 4.98 Å². The van der Waals surface area contributed by atoms with Crippen molar-refractivity contribution in [2.24, 2.45) is 0 Å². The number of hydrogen-bond acceptors (Lipinski definition) is 2. The summed E-state index contributed by atoms with van der Waals surface area (Å²) in [6.07, 6.45) is 1.51. The first-order chi connectivity index (χ1) is 12.3. The van der Waals surface area contributed by atoms with Gasteiger partial charge in [-0.15, -0.1) is 0 Å². The zero-order valence-electron chi connectivity index (χ0n) is 12.6. The first-order valence-corrected chi connectivity index (χ1v) is 9.28. The number of aromatic nitrogens is 1. The lowest BCUT2D eigenvalue weighted by molar-refractivity contribution is 1.26. The molecular formula is C18H6Cl6N2. The van der Waals surface area contributed by atoms with Crippen LogP contribution in [0.5, 0.6) is 0 Å². The fourth-order valence-corrected chi connectivity index (χ4v) is 3.84. The van der Waals surface area contributed by atoms with Crippen molar-refractivity contribution in [1.29, 1.82) is 5.26 Å². The zero-order chi connectivity index (χ0) is 19.0. The average molecular weight is 463 g/mol. The van der Waals surface area contributed by atoms with E-state index in [4.69, 9.17) is 69.6 Å². The highest BCUT2D eigenvalue weighted by molar-refractivity contribution is 6.46. The molecule has 0 aliphatic carbocycles. The van der Waals surface area contributed by atoms with Crippen molar-refractivity contribution in [2.45, 2.75) is 0 Å². The number of halogens is 6. The Morgan fingerprint density at radius 3 is 1.81 bits per heavy atom. The second kappa shape index (κ2) is 7.82. The topological polar surface area (TPSA) is 36.7 Å². The largest absolute Gasteiger partial charge is 0.244 e. The van der Waals surface area contributed by atoms with Gasteiger partial charge in [-0.1, -0.05) is 69.6 Å². The Balaban J connectivity index is 2.30. The zero-order valence-corrected chi connectivity index (χ0v) is 17.2. The van der Waals surface area contributed by atoms with Gasteiger partial charge in [-0.3, -0.25) is 0 Å².